The first-order chi connectivity index (χ1) is 9.40. The molecule has 0 atom stereocenters. The van der Waals surface area contributed by atoms with E-state index in [9.17, 15) is 0 Å². The van der Waals surface area contributed by atoms with Gasteiger partial charge in [0.1, 0.15) is 0 Å². The molecule has 0 unspecified atom stereocenters. The number of fused-ring (bicyclic) bond motifs is 1. The van der Waals surface area contributed by atoms with Crippen LogP contribution in [0.4, 0.5) is 0 Å². The number of unbranched alkanes of at least 4 members (excludes halogenated alkanes) is 3. The second-order valence-corrected chi connectivity index (χ2v) is 5.87. The summed E-state index contributed by atoms with van der Waals surface area (Å²) >= 11 is 0. The van der Waals surface area contributed by atoms with Crippen LogP contribution >= 0.6 is 0 Å². The van der Waals surface area contributed by atoms with Crippen LogP contribution in [0.5, 0.6) is 0 Å². The van der Waals surface area contributed by atoms with E-state index >= 15 is 0 Å². The van der Waals surface area contributed by atoms with E-state index in [1.54, 1.807) is 16.7 Å². The van der Waals surface area contributed by atoms with Gasteiger partial charge in [0.15, 0.2) is 0 Å². The van der Waals surface area contributed by atoms with Crippen LogP contribution in [0.25, 0.3) is 0 Å². The zero-order chi connectivity index (χ0) is 13.3. The molecule has 1 aliphatic rings. The number of benzene rings is 1. The van der Waals surface area contributed by atoms with Crippen LogP contribution in [0.3, 0.4) is 0 Å². The molecule has 1 N–H and O–H groups in total. The van der Waals surface area contributed by atoms with E-state index < -0.39 is 0 Å². The highest BCUT2D eigenvalue weighted by Gasteiger charge is 2.10. The third-order valence-electron chi connectivity index (χ3n) is 4.16. The first-order valence-corrected chi connectivity index (χ1v) is 8.21. The summed E-state index contributed by atoms with van der Waals surface area (Å²) in [6, 6.07) is 7.18. The normalized spacial score (nSPS) is 13.7. The smallest absolute Gasteiger partial charge is 0.00489 e. The van der Waals surface area contributed by atoms with Crippen molar-refractivity contribution in [3.63, 3.8) is 0 Å². The van der Waals surface area contributed by atoms with Gasteiger partial charge in [-0.2, -0.15) is 0 Å². The number of nitrogens with one attached hydrogen (secondary N) is 1. The van der Waals surface area contributed by atoms with Crippen LogP contribution < -0.4 is 5.32 Å². The van der Waals surface area contributed by atoms with E-state index in [-0.39, 0.29) is 0 Å². The van der Waals surface area contributed by atoms with Gasteiger partial charge in [-0.15, -0.1) is 0 Å². The maximum atomic E-state index is 3.47. The van der Waals surface area contributed by atoms with Crippen LogP contribution in [0.1, 0.15) is 62.1 Å². The van der Waals surface area contributed by atoms with E-state index in [1.807, 2.05) is 0 Å². The van der Waals surface area contributed by atoms with Gasteiger partial charge in [0.05, 0.1) is 0 Å². The predicted molar refractivity (Wildman–Crippen MR) is 83.8 cm³/mol. The molecule has 106 valence electrons. The van der Waals surface area contributed by atoms with Crippen molar-refractivity contribution in [2.24, 2.45) is 0 Å². The van der Waals surface area contributed by atoms with Crippen molar-refractivity contribution in [1.82, 2.24) is 5.32 Å². The van der Waals surface area contributed by atoms with Crippen molar-refractivity contribution in [3.8, 4) is 0 Å². The molecule has 0 bridgehead atoms. The minimum absolute atomic E-state index is 1.18. The van der Waals surface area contributed by atoms with E-state index in [0.29, 0.717) is 0 Å². The van der Waals surface area contributed by atoms with Gasteiger partial charge in [-0.05, 0) is 74.7 Å². The Labute approximate surface area is 118 Å². The summed E-state index contributed by atoms with van der Waals surface area (Å²) in [6.45, 7) is 4.60. The Morgan fingerprint density at radius 2 is 1.79 bits per heavy atom. The molecule has 0 saturated carbocycles. The molecule has 1 aliphatic carbocycles. The quantitative estimate of drug-likeness (QED) is 0.653. The molecule has 1 nitrogen and oxygen atoms in total. The summed E-state index contributed by atoms with van der Waals surface area (Å²) in [5.41, 5.74) is 4.79. The Hall–Kier alpha value is -0.820. The lowest BCUT2D eigenvalue weighted by atomic mass is 10.0. The maximum absolute atomic E-state index is 3.47. The molecule has 0 fully saturated rings. The maximum Gasteiger partial charge on any atom is -0.00489 e. The van der Waals surface area contributed by atoms with Gasteiger partial charge in [-0.1, -0.05) is 38.0 Å². The third-order valence-corrected chi connectivity index (χ3v) is 4.16. The van der Waals surface area contributed by atoms with Crippen molar-refractivity contribution >= 4 is 0 Å². The molecular weight excluding hydrogens is 230 g/mol. The van der Waals surface area contributed by atoms with E-state index in [0.717, 1.165) is 0 Å². The topological polar surface area (TPSA) is 12.0 Å². The minimum atomic E-state index is 1.18. The average Bonchev–Trinajstić information content (AvgIpc) is 2.89. The minimum Gasteiger partial charge on any atom is -0.317 e. The monoisotopic (exact) mass is 259 g/mol. The van der Waals surface area contributed by atoms with E-state index in [1.165, 1.54) is 70.9 Å². The Balaban J connectivity index is 1.56. The van der Waals surface area contributed by atoms with Gasteiger partial charge in [0.2, 0.25) is 0 Å². The Morgan fingerprint density at radius 3 is 2.68 bits per heavy atom. The highest BCUT2D eigenvalue weighted by Crippen LogP contribution is 2.23. The Morgan fingerprint density at radius 1 is 0.947 bits per heavy atom. The Bertz CT molecular complexity index is 370. The molecule has 2 rings (SSSR count). The van der Waals surface area contributed by atoms with Crippen molar-refractivity contribution in [2.45, 2.75) is 64.7 Å². The lowest BCUT2D eigenvalue weighted by molar-refractivity contribution is 0.584. The summed E-state index contributed by atoms with van der Waals surface area (Å²) in [7, 11) is 0. The average molecular weight is 259 g/mol. The van der Waals surface area contributed by atoms with Crippen LogP contribution in [0, 0.1) is 0 Å². The van der Waals surface area contributed by atoms with Gasteiger partial charge < -0.3 is 5.32 Å². The summed E-state index contributed by atoms with van der Waals surface area (Å²) in [5, 5.41) is 3.47. The fraction of sp³-hybridized carbons (Fsp3) is 0.667. The van der Waals surface area contributed by atoms with Crippen molar-refractivity contribution in [1.29, 1.82) is 0 Å². The van der Waals surface area contributed by atoms with Crippen LogP contribution in [-0.4, -0.2) is 13.1 Å². The zero-order valence-corrected chi connectivity index (χ0v) is 12.5. The number of hydrogen-bond donors (Lipinski definition) is 1. The second-order valence-electron chi connectivity index (χ2n) is 5.87. The van der Waals surface area contributed by atoms with E-state index in [4.69, 9.17) is 0 Å². The molecule has 1 aromatic rings. The lowest BCUT2D eigenvalue weighted by Gasteiger charge is -2.06. The SMILES string of the molecule is CCCNCCCCCCc1ccc2c(c1)CCC2. The third kappa shape index (κ3) is 4.99. The molecule has 0 spiro atoms. The molecule has 0 aliphatic heterocycles. The van der Waals surface area contributed by atoms with Crippen molar-refractivity contribution in [3.05, 3.63) is 34.9 Å². The van der Waals surface area contributed by atoms with Crippen LogP contribution in [-0.2, 0) is 19.3 Å². The van der Waals surface area contributed by atoms with Gasteiger partial charge in [0.25, 0.3) is 0 Å². The summed E-state index contributed by atoms with van der Waals surface area (Å²) < 4.78 is 0. The van der Waals surface area contributed by atoms with E-state index in [2.05, 4.69) is 30.4 Å². The fourth-order valence-electron chi connectivity index (χ4n) is 3.02. The molecule has 0 saturated heterocycles. The largest absolute Gasteiger partial charge is 0.317 e. The fourth-order valence-corrected chi connectivity index (χ4v) is 3.02. The molecule has 0 aromatic heterocycles. The molecule has 19 heavy (non-hydrogen) atoms. The first-order valence-electron chi connectivity index (χ1n) is 8.21. The number of rotatable bonds is 9. The highest BCUT2D eigenvalue weighted by molar-refractivity contribution is 5.35. The highest BCUT2D eigenvalue weighted by atomic mass is 14.8. The van der Waals surface area contributed by atoms with Gasteiger partial charge in [-0.3, -0.25) is 0 Å². The second kappa shape index (κ2) is 8.37. The Kier molecular flexibility index (Phi) is 6.43. The van der Waals surface area contributed by atoms with Gasteiger partial charge >= 0.3 is 0 Å². The van der Waals surface area contributed by atoms with Crippen molar-refractivity contribution in [2.75, 3.05) is 13.1 Å². The molecule has 0 heterocycles. The molecule has 0 amide bonds. The number of hydrogen-bond acceptors (Lipinski definition) is 1. The number of aryl methyl sites for hydroxylation is 3. The molecule has 0 radical (unpaired) electrons. The standard InChI is InChI=1S/C18H29N/c1-2-13-19-14-6-4-3-5-8-16-11-12-17-9-7-10-18(17)15-16/h11-12,15,19H,2-10,13-14H2,1H3. The summed E-state index contributed by atoms with van der Waals surface area (Å²) in [5.74, 6) is 0. The van der Waals surface area contributed by atoms with Crippen LogP contribution in [0.2, 0.25) is 0 Å². The first kappa shape index (κ1) is 14.6. The van der Waals surface area contributed by atoms with Gasteiger partial charge in [-0.25, -0.2) is 0 Å². The van der Waals surface area contributed by atoms with Crippen molar-refractivity contribution < 1.29 is 0 Å². The summed E-state index contributed by atoms with van der Waals surface area (Å²) in [4.78, 5) is 0. The van der Waals surface area contributed by atoms with Crippen LogP contribution in [0.15, 0.2) is 18.2 Å². The predicted octanol–water partition coefficient (Wildman–Crippen LogP) is 4.28. The molecule has 1 aromatic carbocycles. The summed E-state index contributed by atoms with van der Waals surface area (Å²) in [6.07, 6.45) is 12.0. The van der Waals surface area contributed by atoms with Gasteiger partial charge in [0, 0.05) is 0 Å². The zero-order valence-electron chi connectivity index (χ0n) is 12.5. The molecule has 1 heteroatoms. The molecular formula is C18H29N. The lowest BCUT2D eigenvalue weighted by Crippen LogP contribution is -2.15.